The maximum absolute atomic E-state index is 12.9. The van der Waals surface area contributed by atoms with Gasteiger partial charge in [0.25, 0.3) is 5.56 Å². The first kappa shape index (κ1) is 21.1. The van der Waals surface area contributed by atoms with Crippen molar-refractivity contribution < 1.29 is 4.79 Å². The summed E-state index contributed by atoms with van der Waals surface area (Å²) in [6.07, 6.45) is 4.87. The highest BCUT2D eigenvalue weighted by Gasteiger charge is 2.32. The molecule has 1 aromatic carbocycles. The number of ketones is 1. The Morgan fingerprint density at radius 2 is 1.88 bits per heavy atom. The van der Waals surface area contributed by atoms with Gasteiger partial charge in [-0.15, -0.1) is 0 Å². The number of carbonyl (C=O) groups excluding carboxylic acids is 1. The first-order valence-corrected chi connectivity index (χ1v) is 12.3. The standard InChI is InChI=1S/C24H26N4O3S/c1-3-13(2)14-4-6-15(7-5-14)18(29)12-32-23-19-21(25-20(26-23)16-8-9-16)28(17-10-11-17)24(31)27-22(19)30/h4-7,13,16-17H,3,8-12H2,1-2H3,(H,27,30,31). The van der Waals surface area contributed by atoms with Gasteiger partial charge in [-0.2, -0.15) is 0 Å². The Kier molecular flexibility index (Phi) is 5.49. The first-order chi connectivity index (χ1) is 15.5. The summed E-state index contributed by atoms with van der Waals surface area (Å²) in [7, 11) is 0. The highest BCUT2D eigenvalue weighted by Crippen LogP contribution is 2.41. The summed E-state index contributed by atoms with van der Waals surface area (Å²) in [5.74, 6) is 1.55. The van der Waals surface area contributed by atoms with Crippen LogP contribution in [-0.4, -0.2) is 31.1 Å². The molecule has 8 heteroatoms. The normalized spacial score (nSPS) is 16.9. The number of H-pyrrole nitrogens is 1. The van der Waals surface area contributed by atoms with Gasteiger partial charge in [0.1, 0.15) is 16.2 Å². The molecule has 2 heterocycles. The molecule has 0 saturated heterocycles. The smallest absolute Gasteiger partial charge is 0.293 e. The molecule has 0 bridgehead atoms. The molecule has 2 fully saturated rings. The summed E-state index contributed by atoms with van der Waals surface area (Å²) in [5, 5.41) is 0.794. The van der Waals surface area contributed by atoms with Crippen LogP contribution in [0.2, 0.25) is 0 Å². The topological polar surface area (TPSA) is 97.7 Å². The lowest BCUT2D eigenvalue weighted by Gasteiger charge is -2.12. The molecular formula is C24H26N4O3S. The van der Waals surface area contributed by atoms with E-state index in [2.05, 4.69) is 28.8 Å². The molecule has 0 amide bonds. The SMILES string of the molecule is CCC(C)c1ccc(C(=O)CSc2nc(C3CC3)nc3c2c(=O)[nH]c(=O)n3C2CC2)cc1. The van der Waals surface area contributed by atoms with Gasteiger partial charge in [-0.25, -0.2) is 14.8 Å². The minimum Gasteiger partial charge on any atom is -0.293 e. The zero-order valence-electron chi connectivity index (χ0n) is 18.3. The number of carbonyl (C=O) groups is 1. The van der Waals surface area contributed by atoms with E-state index < -0.39 is 11.2 Å². The second kappa shape index (κ2) is 8.31. The second-order valence-electron chi connectivity index (χ2n) is 8.86. The van der Waals surface area contributed by atoms with E-state index in [1.165, 1.54) is 17.3 Å². The predicted molar refractivity (Wildman–Crippen MR) is 125 cm³/mol. The molecule has 32 heavy (non-hydrogen) atoms. The van der Waals surface area contributed by atoms with Crippen molar-refractivity contribution in [1.29, 1.82) is 0 Å². The van der Waals surface area contributed by atoms with Gasteiger partial charge in [-0.3, -0.25) is 19.1 Å². The Labute approximate surface area is 189 Å². The minimum absolute atomic E-state index is 0.0163. The van der Waals surface area contributed by atoms with Crippen LogP contribution in [0.3, 0.4) is 0 Å². The summed E-state index contributed by atoms with van der Waals surface area (Å²) < 4.78 is 1.60. The van der Waals surface area contributed by atoms with Crippen molar-refractivity contribution in [2.45, 2.75) is 68.9 Å². The highest BCUT2D eigenvalue weighted by atomic mass is 32.2. The molecule has 0 spiro atoms. The first-order valence-electron chi connectivity index (χ1n) is 11.3. The molecule has 166 valence electrons. The van der Waals surface area contributed by atoms with Gasteiger partial charge in [0.05, 0.1) is 5.75 Å². The second-order valence-corrected chi connectivity index (χ2v) is 9.83. The zero-order chi connectivity index (χ0) is 22.4. The largest absolute Gasteiger partial charge is 0.330 e. The summed E-state index contributed by atoms with van der Waals surface area (Å²) >= 11 is 1.25. The molecule has 1 N–H and O–H groups in total. The zero-order valence-corrected chi connectivity index (χ0v) is 19.1. The van der Waals surface area contributed by atoms with Crippen LogP contribution in [0.25, 0.3) is 11.0 Å². The van der Waals surface area contributed by atoms with Gasteiger partial charge in [-0.05, 0) is 43.6 Å². The minimum atomic E-state index is -0.489. The number of hydrogen-bond acceptors (Lipinski definition) is 6. The maximum Gasteiger partial charge on any atom is 0.330 e. The number of benzene rings is 1. The summed E-state index contributed by atoms with van der Waals surface area (Å²) in [5.41, 5.74) is 1.37. The fraction of sp³-hybridized carbons (Fsp3) is 0.458. The Morgan fingerprint density at radius 1 is 1.16 bits per heavy atom. The maximum atomic E-state index is 12.9. The third-order valence-corrected chi connectivity index (χ3v) is 7.35. The van der Waals surface area contributed by atoms with Gasteiger partial charge in [0, 0.05) is 17.5 Å². The summed E-state index contributed by atoms with van der Waals surface area (Å²) in [6, 6.07) is 7.84. The Morgan fingerprint density at radius 3 is 2.50 bits per heavy atom. The summed E-state index contributed by atoms with van der Waals surface area (Å²) in [6.45, 7) is 4.32. The highest BCUT2D eigenvalue weighted by molar-refractivity contribution is 8.00. The third kappa shape index (κ3) is 4.03. The fourth-order valence-electron chi connectivity index (χ4n) is 3.88. The van der Waals surface area contributed by atoms with Crippen LogP contribution in [0.1, 0.15) is 85.6 Å². The van der Waals surface area contributed by atoms with Crippen LogP contribution < -0.4 is 11.2 Å². The van der Waals surface area contributed by atoms with Crippen molar-refractivity contribution in [2.24, 2.45) is 0 Å². The lowest BCUT2D eigenvalue weighted by atomic mass is 9.97. The van der Waals surface area contributed by atoms with Crippen LogP contribution >= 0.6 is 11.8 Å². The molecule has 7 nitrogen and oxygen atoms in total. The number of rotatable bonds is 8. The molecule has 2 aliphatic carbocycles. The molecule has 1 unspecified atom stereocenters. The van der Waals surface area contributed by atoms with Crippen molar-refractivity contribution in [3.05, 3.63) is 62.1 Å². The van der Waals surface area contributed by atoms with Gasteiger partial charge in [0.15, 0.2) is 11.4 Å². The number of aromatic nitrogens is 4. The van der Waals surface area contributed by atoms with E-state index in [9.17, 15) is 14.4 Å². The van der Waals surface area contributed by atoms with Crippen molar-refractivity contribution in [3.8, 4) is 0 Å². The van der Waals surface area contributed by atoms with Crippen molar-refractivity contribution in [3.63, 3.8) is 0 Å². The van der Waals surface area contributed by atoms with E-state index in [0.29, 0.717) is 33.4 Å². The van der Waals surface area contributed by atoms with E-state index >= 15 is 0 Å². The lowest BCUT2D eigenvalue weighted by Crippen LogP contribution is -2.31. The molecule has 2 saturated carbocycles. The molecule has 2 aromatic heterocycles. The van der Waals surface area contributed by atoms with Crippen molar-refractivity contribution in [2.75, 3.05) is 5.75 Å². The number of fused-ring (bicyclic) bond motifs is 1. The lowest BCUT2D eigenvalue weighted by molar-refractivity contribution is 0.102. The van der Waals surface area contributed by atoms with Crippen molar-refractivity contribution in [1.82, 2.24) is 19.5 Å². The van der Waals surface area contributed by atoms with E-state index in [4.69, 9.17) is 0 Å². The Bertz CT molecular complexity index is 1300. The van der Waals surface area contributed by atoms with Gasteiger partial charge >= 0.3 is 5.69 Å². The summed E-state index contributed by atoms with van der Waals surface area (Å²) in [4.78, 5) is 49.8. The number of nitrogens with zero attached hydrogens (tertiary/aromatic N) is 3. The van der Waals surface area contributed by atoms with E-state index in [0.717, 1.165) is 32.1 Å². The van der Waals surface area contributed by atoms with E-state index in [1.807, 2.05) is 24.3 Å². The van der Waals surface area contributed by atoms with Gasteiger partial charge < -0.3 is 0 Å². The number of nitrogens with one attached hydrogen (secondary N) is 1. The predicted octanol–water partition coefficient (Wildman–Crippen LogP) is 4.18. The van der Waals surface area contributed by atoms with Crippen LogP contribution in [0.4, 0.5) is 0 Å². The molecular weight excluding hydrogens is 424 g/mol. The number of aromatic amines is 1. The molecule has 0 aliphatic heterocycles. The van der Waals surface area contributed by atoms with Crippen LogP contribution in [0.5, 0.6) is 0 Å². The van der Waals surface area contributed by atoms with Crippen LogP contribution in [0.15, 0.2) is 38.9 Å². The quantitative estimate of drug-likeness (QED) is 0.314. The molecule has 5 rings (SSSR count). The monoisotopic (exact) mass is 450 g/mol. The molecule has 1 atom stereocenters. The van der Waals surface area contributed by atoms with Gasteiger partial charge in [0.2, 0.25) is 0 Å². The number of Topliss-reactive ketones (excluding diaryl/α,β-unsaturated/α-hetero) is 1. The Balaban J connectivity index is 1.47. The fourth-order valence-corrected chi connectivity index (χ4v) is 4.81. The van der Waals surface area contributed by atoms with E-state index in [-0.39, 0.29) is 23.5 Å². The molecule has 0 radical (unpaired) electrons. The average Bonchev–Trinajstić information content (AvgIpc) is 3.69. The van der Waals surface area contributed by atoms with Crippen LogP contribution in [0, 0.1) is 0 Å². The van der Waals surface area contributed by atoms with Gasteiger partial charge in [-0.1, -0.05) is 49.9 Å². The van der Waals surface area contributed by atoms with E-state index in [1.54, 1.807) is 4.57 Å². The third-order valence-electron chi connectivity index (χ3n) is 6.38. The van der Waals surface area contributed by atoms with Crippen LogP contribution in [-0.2, 0) is 0 Å². The number of thioether (sulfide) groups is 1. The van der Waals surface area contributed by atoms with Crippen molar-refractivity contribution >= 4 is 28.6 Å². The average molecular weight is 451 g/mol. The number of hydrogen-bond donors (Lipinski definition) is 1. The Hall–Kier alpha value is -2.74. The molecule has 2 aliphatic rings. The molecule has 3 aromatic rings.